The molecule has 0 amide bonds. The van der Waals surface area contributed by atoms with Crippen LogP contribution in [0.15, 0.2) is 45.3 Å². The Bertz CT molecular complexity index is 541. The maximum Gasteiger partial charge on any atom is 0.293 e. The van der Waals surface area contributed by atoms with E-state index >= 15 is 0 Å². The van der Waals surface area contributed by atoms with E-state index in [1.54, 1.807) is 18.2 Å². The highest BCUT2D eigenvalue weighted by molar-refractivity contribution is 7.99. The van der Waals surface area contributed by atoms with Gasteiger partial charge in [0.1, 0.15) is 10.2 Å². The molecule has 0 spiro atoms. The molecule has 0 atom stereocenters. The lowest BCUT2D eigenvalue weighted by Gasteiger charge is -2.03. The SMILES string of the molecule is C/C(=C\C=C(Cl)Cl)CSc1ccc(N)c([N+](=O)[O-])c1. The van der Waals surface area contributed by atoms with Gasteiger partial charge in [0.15, 0.2) is 0 Å². The van der Waals surface area contributed by atoms with Gasteiger partial charge in [-0.05, 0) is 25.1 Å². The molecule has 102 valence electrons. The summed E-state index contributed by atoms with van der Waals surface area (Å²) in [7, 11) is 0. The number of nitro groups is 1. The summed E-state index contributed by atoms with van der Waals surface area (Å²) in [6.45, 7) is 1.92. The van der Waals surface area contributed by atoms with Crippen molar-refractivity contribution in [3.8, 4) is 0 Å². The molecule has 0 fully saturated rings. The molecule has 0 aliphatic carbocycles. The number of thioether (sulfide) groups is 1. The number of nitrogens with zero attached hydrogens (tertiary/aromatic N) is 1. The van der Waals surface area contributed by atoms with Crippen LogP contribution in [0.2, 0.25) is 0 Å². The van der Waals surface area contributed by atoms with Crippen molar-refractivity contribution in [3.05, 3.63) is 50.5 Å². The van der Waals surface area contributed by atoms with E-state index in [1.807, 2.05) is 6.92 Å². The third-order valence-corrected chi connectivity index (χ3v) is 3.60. The van der Waals surface area contributed by atoms with Crippen LogP contribution in [0, 0.1) is 10.1 Å². The molecule has 0 aliphatic rings. The number of allylic oxidation sites excluding steroid dienone is 2. The van der Waals surface area contributed by atoms with Gasteiger partial charge in [0.25, 0.3) is 5.69 Å². The van der Waals surface area contributed by atoms with Gasteiger partial charge in [0.05, 0.1) is 4.92 Å². The summed E-state index contributed by atoms with van der Waals surface area (Å²) in [4.78, 5) is 11.1. The maximum atomic E-state index is 10.8. The fraction of sp³-hybridized carbons (Fsp3) is 0.167. The molecule has 0 aliphatic heterocycles. The average Bonchev–Trinajstić information content (AvgIpc) is 2.35. The van der Waals surface area contributed by atoms with Crippen molar-refractivity contribution in [1.82, 2.24) is 0 Å². The Kier molecular flexibility index (Phi) is 6.21. The van der Waals surface area contributed by atoms with Crippen LogP contribution in [0.5, 0.6) is 0 Å². The molecule has 1 aromatic rings. The van der Waals surface area contributed by atoms with Gasteiger partial charge in [-0.3, -0.25) is 10.1 Å². The first-order valence-electron chi connectivity index (χ1n) is 5.25. The molecule has 0 unspecified atom stereocenters. The molecule has 4 nitrogen and oxygen atoms in total. The van der Waals surface area contributed by atoms with Crippen LogP contribution in [0.25, 0.3) is 0 Å². The van der Waals surface area contributed by atoms with Crippen LogP contribution in [0.1, 0.15) is 6.92 Å². The molecular weight excluding hydrogens is 307 g/mol. The quantitative estimate of drug-likeness (QED) is 0.284. The van der Waals surface area contributed by atoms with Gasteiger partial charge in [-0.15, -0.1) is 11.8 Å². The van der Waals surface area contributed by atoms with Crippen molar-refractivity contribution in [1.29, 1.82) is 0 Å². The highest BCUT2D eigenvalue weighted by atomic mass is 35.5. The molecule has 1 rings (SSSR count). The molecule has 0 radical (unpaired) electrons. The highest BCUT2D eigenvalue weighted by Crippen LogP contribution is 2.29. The number of anilines is 1. The zero-order valence-electron chi connectivity index (χ0n) is 10.1. The topological polar surface area (TPSA) is 69.2 Å². The van der Waals surface area contributed by atoms with Crippen LogP contribution in [0.3, 0.4) is 0 Å². The van der Waals surface area contributed by atoms with E-state index in [1.165, 1.54) is 23.9 Å². The summed E-state index contributed by atoms with van der Waals surface area (Å²) in [5.74, 6) is 0.679. The minimum absolute atomic E-state index is 0.0738. The molecule has 0 aromatic heterocycles. The third kappa shape index (κ3) is 5.55. The van der Waals surface area contributed by atoms with Crippen molar-refractivity contribution < 1.29 is 4.92 Å². The summed E-state index contributed by atoms with van der Waals surface area (Å²) < 4.78 is 0.187. The number of nitro benzene ring substituents is 1. The van der Waals surface area contributed by atoms with Gasteiger partial charge in [0, 0.05) is 16.7 Å². The first-order chi connectivity index (χ1) is 8.90. The number of hydrogen-bond donors (Lipinski definition) is 1. The Morgan fingerprint density at radius 1 is 1.47 bits per heavy atom. The van der Waals surface area contributed by atoms with Gasteiger partial charge in [-0.25, -0.2) is 0 Å². The lowest BCUT2D eigenvalue weighted by atomic mass is 10.3. The van der Waals surface area contributed by atoms with Gasteiger partial charge in [0.2, 0.25) is 0 Å². The minimum atomic E-state index is -0.488. The number of rotatable bonds is 5. The van der Waals surface area contributed by atoms with Crippen LogP contribution in [-0.2, 0) is 0 Å². The van der Waals surface area contributed by atoms with E-state index in [2.05, 4.69) is 0 Å². The number of hydrogen-bond acceptors (Lipinski definition) is 4. The molecule has 0 saturated carbocycles. The van der Waals surface area contributed by atoms with Crippen LogP contribution in [-0.4, -0.2) is 10.7 Å². The predicted molar refractivity (Wildman–Crippen MR) is 81.8 cm³/mol. The van der Waals surface area contributed by atoms with Crippen molar-refractivity contribution in [2.75, 3.05) is 11.5 Å². The summed E-state index contributed by atoms with van der Waals surface area (Å²) in [5.41, 5.74) is 6.66. The molecule has 0 saturated heterocycles. The largest absolute Gasteiger partial charge is 0.393 e. The normalized spacial score (nSPS) is 11.2. The minimum Gasteiger partial charge on any atom is -0.393 e. The van der Waals surface area contributed by atoms with Crippen molar-refractivity contribution >= 4 is 46.3 Å². The fourth-order valence-electron chi connectivity index (χ4n) is 1.22. The van der Waals surface area contributed by atoms with Crippen LogP contribution < -0.4 is 5.73 Å². The lowest BCUT2D eigenvalue weighted by molar-refractivity contribution is -0.384. The summed E-state index contributed by atoms with van der Waals surface area (Å²) >= 11 is 12.5. The molecule has 1 aromatic carbocycles. The highest BCUT2D eigenvalue weighted by Gasteiger charge is 2.11. The van der Waals surface area contributed by atoms with Crippen LogP contribution in [0.4, 0.5) is 11.4 Å². The number of nitrogens with two attached hydrogens (primary N) is 1. The molecular formula is C12H12Cl2N2O2S. The monoisotopic (exact) mass is 318 g/mol. The van der Waals surface area contributed by atoms with Crippen molar-refractivity contribution in [3.63, 3.8) is 0 Å². The fourth-order valence-corrected chi connectivity index (χ4v) is 2.20. The summed E-state index contributed by atoms with van der Waals surface area (Å²) in [6, 6.07) is 4.76. The Morgan fingerprint density at radius 3 is 2.74 bits per heavy atom. The molecule has 2 N–H and O–H groups in total. The van der Waals surface area contributed by atoms with E-state index in [0.717, 1.165) is 10.5 Å². The van der Waals surface area contributed by atoms with E-state index < -0.39 is 4.92 Å². The zero-order chi connectivity index (χ0) is 14.4. The van der Waals surface area contributed by atoms with Gasteiger partial charge in [-0.2, -0.15) is 0 Å². The second-order valence-corrected chi connectivity index (χ2v) is 5.79. The Hall–Kier alpha value is -1.17. The van der Waals surface area contributed by atoms with Crippen molar-refractivity contribution in [2.24, 2.45) is 0 Å². The smallest absolute Gasteiger partial charge is 0.293 e. The van der Waals surface area contributed by atoms with Crippen LogP contribution >= 0.6 is 35.0 Å². The average molecular weight is 319 g/mol. The van der Waals surface area contributed by atoms with E-state index in [4.69, 9.17) is 28.9 Å². The lowest BCUT2D eigenvalue weighted by Crippen LogP contribution is -1.95. The summed E-state index contributed by atoms with van der Waals surface area (Å²) in [5, 5.41) is 10.8. The van der Waals surface area contributed by atoms with Crippen molar-refractivity contribution in [2.45, 2.75) is 11.8 Å². The second-order valence-electron chi connectivity index (χ2n) is 3.74. The predicted octanol–water partition coefficient (Wildman–Crippen LogP) is 4.53. The second kappa shape index (κ2) is 7.43. The van der Waals surface area contributed by atoms with Gasteiger partial charge in [-0.1, -0.05) is 34.9 Å². The van der Waals surface area contributed by atoms with Gasteiger partial charge < -0.3 is 5.73 Å². The number of halogens is 2. The number of benzene rings is 1. The molecule has 19 heavy (non-hydrogen) atoms. The molecule has 0 heterocycles. The standard InChI is InChI=1S/C12H12Cl2N2O2S/c1-8(2-5-12(13)14)7-19-9-3-4-10(15)11(6-9)16(17)18/h2-6H,7,15H2,1H3/b8-2+. The van der Waals surface area contributed by atoms with E-state index in [-0.39, 0.29) is 15.9 Å². The molecule has 7 heteroatoms. The molecule has 0 bridgehead atoms. The first kappa shape index (κ1) is 15.9. The summed E-state index contributed by atoms with van der Waals surface area (Å²) in [6.07, 6.45) is 3.39. The van der Waals surface area contributed by atoms with E-state index in [9.17, 15) is 10.1 Å². The Morgan fingerprint density at radius 2 is 2.16 bits per heavy atom. The first-order valence-corrected chi connectivity index (χ1v) is 6.99. The maximum absolute atomic E-state index is 10.8. The third-order valence-electron chi connectivity index (χ3n) is 2.16. The number of nitrogen functional groups attached to an aromatic ring is 1. The Labute approximate surface area is 125 Å². The zero-order valence-corrected chi connectivity index (χ0v) is 12.4. The van der Waals surface area contributed by atoms with E-state index in [0.29, 0.717) is 5.75 Å². The Balaban J connectivity index is 2.74. The van der Waals surface area contributed by atoms with Gasteiger partial charge >= 0.3 is 0 Å².